The highest BCUT2D eigenvalue weighted by molar-refractivity contribution is 5.83. The molecule has 0 fully saturated rings. The highest BCUT2D eigenvalue weighted by atomic mass is 16.2. The standard InChI is InChI=1S/C12H25N3O2/c1-8(2)14-11(17)9(3)13-7-10(16)15-12(4,5)6/h8-9,13H,7H2,1-6H3,(H,14,17)(H,15,16). The molecule has 1 unspecified atom stereocenters. The highest BCUT2D eigenvalue weighted by Gasteiger charge is 2.17. The first-order valence-corrected chi connectivity index (χ1v) is 5.96. The van der Waals surface area contributed by atoms with Crippen LogP contribution >= 0.6 is 0 Å². The molecule has 2 amide bonds. The third-order valence-electron chi connectivity index (χ3n) is 1.91. The minimum Gasteiger partial charge on any atom is -0.353 e. The molecule has 1 atom stereocenters. The summed E-state index contributed by atoms with van der Waals surface area (Å²) in [4.78, 5) is 23.0. The van der Waals surface area contributed by atoms with Crippen LogP contribution in [0.2, 0.25) is 0 Å². The molecule has 0 radical (unpaired) electrons. The van der Waals surface area contributed by atoms with Crippen molar-refractivity contribution in [1.29, 1.82) is 0 Å². The Morgan fingerprint density at radius 1 is 1.12 bits per heavy atom. The van der Waals surface area contributed by atoms with Gasteiger partial charge in [0.1, 0.15) is 0 Å². The van der Waals surface area contributed by atoms with Crippen LogP contribution in [0, 0.1) is 0 Å². The molecule has 0 rings (SSSR count). The van der Waals surface area contributed by atoms with Gasteiger partial charge in [-0.15, -0.1) is 0 Å². The molecular formula is C12H25N3O2. The van der Waals surface area contributed by atoms with Crippen molar-refractivity contribution in [1.82, 2.24) is 16.0 Å². The molecule has 0 aromatic carbocycles. The van der Waals surface area contributed by atoms with Crippen molar-refractivity contribution in [3.63, 3.8) is 0 Å². The van der Waals surface area contributed by atoms with Gasteiger partial charge in [0.15, 0.2) is 0 Å². The van der Waals surface area contributed by atoms with Gasteiger partial charge in [0.2, 0.25) is 11.8 Å². The van der Waals surface area contributed by atoms with E-state index in [2.05, 4.69) is 16.0 Å². The van der Waals surface area contributed by atoms with Crippen molar-refractivity contribution in [2.75, 3.05) is 6.54 Å². The lowest BCUT2D eigenvalue weighted by Crippen LogP contribution is -2.50. The second-order valence-electron chi connectivity index (χ2n) is 5.56. The number of carbonyl (C=O) groups is 2. The van der Waals surface area contributed by atoms with E-state index in [9.17, 15) is 9.59 Å². The van der Waals surface area contributed by atoms with Gasteiger partial charge in [-0.25, -0.2) is 0 Å². The minimum absolute atomic E-state index is 0.0939. The molecule has 17 heavy (non-hydrogen) atoms. The van der Waals surface area contributed by atoms with Gasteiger partial charge in [0.05, 0.1) is 12.6 Å². The van der Waals surface area contributed by atoms with Crippen LogP contribution < -0.4 is 16.0 Å². The van der Waals surface area contributed by atoms with Crippen molar-refractivity contribution < 1.29 is 9.59 Å². The fraction of sp³-hybridized carbons (Fsp3) is 0.833. The lowest BCUT2D eigenvalue weighted by Gasteiger charge is -2.21. The van der Waals surface area contributed by atoms with Gasteiger partial charge >= 0.3 is 0 Å². The number of carbonyl (C=O) groups excluding carboxylic acids is 2. The third kappa shape index (κ3) is 8.68. The predicted octanol–water partition coefficient (Wildman–Crippen LogP) is 0.404. The lowest BCUT2D eigenvalue weighted by atomic mass is 10.1. The summed E-state index contributed by atoms with van der Waals surface area (Å²) in [6.45, 7) is 11.4. The first-order valence-electron chi connectivity index (χ1n) is 5.96. The maximum Gasteiger partial charge on any atom is 0.237 e. The Morgan fingerprint density at radius 2 is 1.65 bits per heavy atom. The molecule has 0 aliphatic carbocycles. The largest absolute Gasteiger partial charge is 0.353 e. The maximum absolute atomic E-state index is 11.5. The summed E-state index contributed by atoms with van der Waals surface area (Å²) < 4.78 is 0. The number of hydrogen-bond donors (Lipinski definition) is 3. The van der Waals surface area contributed by atoms with E-state index in [0.717, 1.165) is 0 Å². The number of nitrogens with one attached hydrogen (secondary N) is 3. The van der Waals surface area contributed by atoms with Gasteiger partial charge in [-0.05, 0) is 41.5 Å². The quantitative estimate of drug-likeness (QED) is 0.655. The molecule has 100 valence electrons. The van der Waals surface area contributed by atoms with Crippen LogP contribution in [0.3, 0.4) is 0 Å². The van der Waals surface area contributed by atoms with Crippen LogP contribution in [0.5, 0.6) is 0 Å². The number of amides is 2. The summed E-state index contributed by atoms with van der Waals surface area (Å²) in [7, 11) is 0. The Bertz CT molecular complexity index is 269. The summed E-state index contributed by atoms with van der Waals surface area (Å²) in [5, 5.41) is 8.49. The highest BCUT2D eigenvalue weighted by Crippen LogP contribution is 1.97. The molecule has 0 aromatic heterocycles. The summed E-state index contributed by atoms with van der Waals surface area (Å²) in [6, 6.07) is -0.265. The molecule has 5 nitrogen and oxygen atoms in total. The number of rotatable bonds is 5. The third-order valence-corrected chi connectivity index (χ3v) is 1.91. The second-order valence-corrected chi connectivity index (χ2v) is 5.56. The van der Waals surface area contributed by atoms with Crippen molar-refractivity contribution >= 4 is 11.8 Å². The fourth-order valence-electron chi connectivity index (χ4n) is 1.21. The molecular weight excluding hydrogens is 218 g/mol. The molecule has 0 aromatic rings. The Labute approximate surface area is 104 Å². The molecule has 0 bridgehead atoms. The van der Waals surface area contributed by atoms with Crippen LogP contribution in [0.1, 0.15) is 41.5 Å². The fourth-order valence-corrected chi connectivity index (χ4v) is 1.21. The Morgan fingerprint density at radius 3 is 2.06 bits per heavy atom. The van der Waals surface area contributed by atoms with Crippen LogP contribution in [0.15, 0.2) is 0 Å². The van der Waals surface area contributed by atoms with E-state index in [1.807, 2.05) is 34.6 Å². The zero-order valence-electron chi connectivity index (χ0n) is 11.7. The molecule has 0 aliphatic heterocycles. The summed E-state index contributed by atoms with van der Waals surface area (Å²) >= 11 is 0. The van der Waals surface area contributed by atoms with Crippen molar-refractivity contribution in [3.05, 3.63) is 0 Å². The van der Waals surface area contributed by atoms with Gasteiger partial charge < -0.3 is 10.6 Å². The number of hydrogen-bond acceptors (Lipinski definition) is 3. The minimum atomic E-state index is -0.372. The van der Waals surface area contributed by atoms with Gasteiger partial charge in [0, 0.05) is 11.6 Å². The van der Waals surface area contributed by atoms with Gasteiger partial charge in [-0.1, -0.05) is 0 Å². The average molecular weight is 243 g/mol. The van der Waals surface area contributed by atoms with Gasteiger partial charge in [0.25, 0.3) is 0 Å². The second kappa shape index (κ2) is 6.59. The Balaban J connectivity index is 3.95. The average Bonchev–Trinajstić information content (AvgIpc) is 2.10. The molecule has 0 spiro atoms. The molecule has 5 heteroatoms. The SMILES string of the molecule is CC(C)NC(=O)C(C)NCC(=O)NC(C)(C)C. The molecule has 0 heterocycles. The predicted molar refractivity (Wildman–Crippen MR) is 68.6 cm³/mol. The first-order chi connectivity index (χ1) is 7.61. The van der Waals surface area contributed by atoms with Crippen LogP contribution in [-0.2, 0) is 9.59 Å². The van der Waals surface area contributed by atoms with Crippen LogP contribution in [-0.4, -0.2) is 36.0 Å². The first kappa shape index (κ1) is 15.9. The lowest BCUT2D eigenvalue weighted by molar-refractivity contribution is -0.124. The van der Waals surface area contributed by atoms with E-state index < -0.39 is 0 Å². The smallest absolute Gasteiger partial charge is 0.237 e. The van der Waals surface area contributed by atoms with Crippen molar-refractivity contribution in [3.8, 4) is 0 Å². The van der Waals surface area contributed by atoms with Gasteiger partial charge in [-0.2, -0.15) is 0 Å². The summed E-state index contributed by atoms with van der Waals surface area (Å²) in [5.41, 5.74) is -0.248. The van der Waals surface area contributed by atoms with Crippen LogP contribution in [0.4, 0.5) is 0 Å². The van der Waals surface area contributed by atoms with E-state index in [0.29, 0.717) is 0 Å². The van der Waals surface area contributed by atoms with E-state index in [-0.39, 0.29) is 36.0 Å². The van der Waals surface area contributed by atoms with E-state index in [1.165, 1.54) is 0 Å². The Kier molecular flexibility index (Phi) is 6.16. The molecule has 0 saturated heterocycles. The van der Waals surface area contributed by atoms with E-state index >= 15 is 0 Å². The zero-order valence-corrected chi connectivity index (χ0v) is 11.7. The van der Waals surface area contributed by atoms with Gasteiger partial charge in [-0.3, -0.25) is 14.9 Å². The maximum atomic E-state index is 11.5. The van der Waals surface area contributed by atoms with Crippen molar-refractivity contribution in [2.24, 2.45) is 0 Å². The summed E-state index contributed by atoms with van der Waals surface area (Å²) in [5.74, 6) is -0.203. The van der Waals surface area contributed by atoms with E-state index in [4.69, 9.17) is 0 Å². The summed E-state index contributed by atoms with van der Waals surface area (Å²) in [6.07, 6.45) is 0. The zero-order chi connectivity index (χ0) is 13.6. The topological polar surface area (TPSA) is 70.2 Å². The molecule has 0 aliphatic rings. The molecule has 3 N–H and O–H groups in total. The van der Waals surface area contributed by atoms with Crippen LogP contribution in [0.25, 0.3) is 0 Å². The Hall–Kier alpha value is -1.10. The van der Waals surface area contributed by atoms with E-state index in [1.54, 1.807) is 6.92 Å². The van der Waals surface area contributed by atoms with Crippen molar-refractivity contribution in [2.45, 2.75) is 59.2 Å². The monoisotopic (exact) mass is 243 g/mol. The normalized spacial score (nSPS) is 13.4. The molecule has 0 saturated carbocycles.